The van der Waals surface area contributed by atoms with Gasteiger partial charge >= 0.3 is 5.97 Å². The Labute approximate surface area is 112 Å². The summed E-state index contributed by atoms with van der Waals surface area (Å²) in [6.45, 7) is 2.99. The molecule has 104 valence electrons. The average molecular weight is 265 g/mol. The first-order valence-electron chi connectivity index (χ1n) is 6.26. The molecule has 2 rings (SSSR count). The monoisotopic (exact) mass is 265 g/mol. The molecule has 2 N–H and O–H groups in total. The van der Waals surface area contributed by atoms with Crippen LogP contribution in [0.5, 0.6) is 11.5 Å². The first-order chi connectivity index (χ1) is 9.01. The normalized spacial score (nSPS) is 22.3. The van der Waals surface area contributed by atoms with Gasteiger partial charge in [0.1, 0.15) is 17.1 Å². The third-order valence-electron chi connectivity index (χ3n) is 3.72. The number of ether oxygens (including phenoxy) is 2. The van der Waals surface area contributed by atoms with Crippen LogP contribution in [0.25, 0.3) is 0 Å². The van der Waals surface area contributed by atoms with Crippen molar-refractivity contribution < 1.29 is 19.4 Å². The van der Waals surface area contributed by atoms with E-state index in [2.05, 4.69) is 12.2 Å². The Morgan fingerprint density at radius 1 is 1.32 bits per heavy atom. The number of rotatable bonds is 4. The molecule has 1 aliphatic rings. The van der Waals surface area contributed by atoms with Gasteiger partial charge in [0.15, 0.2) is 0 Å². The van der Waals surface area contributed by atoms with E-state index in [4.69, 9.17) is 9.47 Å². The molecule has 0 radical (unpaired) electrons. The predicted octanol–water partition coefficient (Wildman–Crippen LogP) is 2.00. The van der Waals surface area contributed by atoms with Crippen molar-refractivity contribution in [3.8, 4) is 11.5 Å². The second-order valence-corrected chi connectivity index (χ2v) is 4.92. The number of carboxylic acid groups (broad SMARTS) is 1. The zero-order chi connectivity index (χ0) is 14.0. The van der Waals surface area contributed by atoms with Gasteiger partial charge in [-0.05, 0) is 32.4 Å². The third kappa shape index (κ3) is 2.38. The van der Waals surface area contributed by atoms with E-state index in [-0.39, 0.29) is 11.1 Å². The van der Waals surface area contributed by atoms with Crippen molar-refractivity contribution in [1.29, 1.82) is 0 Å². The minimum Gasteiger partial charge on any atom is -0.496 e. The zero-order valence-electron chi connectivity index (χ0n) is 11.4. The highest BCUT2D eigenvalue weighted by molar-refractivity contribution is 5.91. The highest BCUT2D eigenvalue weighted by atomic mass is 16.5. The summed E-state index contributed by atoms with van der Waals surface area (Å²) in [6, 6.07) is 3.29. The highest BCUT2D eigenvalue weighted by Crippen LogP contribution is 2.39. The van der Waals surface area contributed by atoms with E-state index in [9.17, 15) is 9.90 Å². The molecule has 1 fully saturated rings. The molecular weight excluding hydrogens is 246 g/mol. The number of nitrogens with one attached hydrogen (secondary N) is 1. The van der Waals surface area contributed by atoms with E-state index in [0.717, 1.165) is 24.9 Å². The molecule has 0 amide bonds. The molecule has 1 heterocycles. The number of aromatic carboxylic acids is 1. The first-order valence-corrected chi connectivity index (χ1v) is 6.26. The largest absolute Gasteiger partial charge is 0.496 e. The third-order valence-corrected chi connectivity index (χ3v) is 3.72. The second kappa shape index (κ2) is 5.09. The number of carboxylic acids is 1. The van der Waals surface area contributed by atoms with Crippen molar-refractivity contribution >= 4 is 5.97 Å². The van der Waals surface area contributed by atoms with E-state index >= 15 is 0 Å². The van der Waals surface area contributed by atoms with E-state index in [1.807, 2.05) is 0 Å². The van der Waals surface area contributed by atoms with Crippen LogP contribution in [0.15, 0.2) is 12.1 Å². The number of benzene rings is 1. The van der Waals surface area contributed by atoms with Gasteiger partial charge in [-0.25, -0.2) is 4.79 Å². The van der Waals surface area contributed by atoms with Crippen molar-refractivity contribution in [3.05, 3.63) is 23.3 Å². The van der Waals surface area contributed by atoms with Gasteiger partial charge in [0.2, 0.25) is 0 Å². The quantitative estimate of drug-likeness (QED) is 0.871. The van der Waals surface area contributed by atoms with Crippen LogP contribution >= 0.6 is 0 Å². The van der Waals surface area contributed by atoms with Gasteiger partial charge in [0.25, 0.3) is 0 Å². The van der Waals surface area contributed by atoms with E-state index < -0.39 is 5.97 Å². The lowest BCUT2D eigenvalue weighted by Gasteiger charge is -2.27. The lowest BCUT2D eigenvalue weighted by atomic mass is 9.88. The minimum absolute atomic E-state index is 0.160. The molecule has 0 saturated carbocycles. The highest BCUT2D eigenvalue weighted by Gasteiger charge is 2.34. The molecule has 1 saturated heterocycles. The average Bonchev–Trinajstić information content (AvgIpc) is 2.84. The van der Waals surface area contributed by atoms with Gasteiger partial charge in [-0.3, -0.25) is 0 Å². The molecule has 5 heteroatoms. The maximum absolute atomic E-state index is 11.3. The van der Waals surface area contributed by atoms with Crippen LogP contribution in [0.1, 0.15) is 35.7 Å². The summed E-state index contributed by atoms with van der Waals surface area (Å²) in [5.74, 6) is -0.0317. The summed E-state index contributed by atoms with van der Waals surface area (Å²) in [6.07, 6.45) is 2.02. The molecule has 0 spiro atoms. The van der Waals surface area contributed by atoms with Gasteiger partial charge in [0, 0.05) is 17.2 Å². The number of methoxy groups -OCH3 is 2. The van der Waals surface area contributed by atoms with Crippen LogP contribution in [-0.2, 0) is 5.54 Å². The van der Waals surface area contributed by atoms with Crippen LogP contribution in [0.4, 0.5) is 0 Å². The topological polar surface area (TPSA) is 67.8 Å². The SMILES string of the molecule is COc1cc(OC)c(C2(C)CCCN2)cc1C(=O)O. The Bertz CT molecular complexity index is 492. The minimum atomic E-state index is -0.998. The molecule has 19 heavy (non-hydrogen) atoms. The Kier molecular flexibility index (Phi) is 3.66. The van der Waals surface area contributed by atoms with Crippen molar-refractivity contribution in [2.24, 2.45) is 0 Å². The summed E-state index contributed by atoms with van der Waals surface area (Å²) in [5.41, 5.74) is 0.779. The molecule has 0 aromatic heterocycles. The van der Waals surface area contributed by atoms with Gasteiger partial charge in [-0.1, -0.05) is 0 Å². The fourth-order valence-corrected chi connectivity index (χ4v) is 2.62. The first kappa shape index (κ1) is 13.7. The van der Waals surface area contributed by atoms with Crippen molar-refractivity contribution in [2.45, 2.75) is 25.3 Å². The van der Waals surface area contributed by atoms with Crippen LogP contribution in [-0.4, -0.2) is 31.8 Å². The fraction of sp³-hybridized carbons (Fsp3) is 0.500. The van der Waals surface area contributed by atoms with Crippen LogP contribution in [0, 0.1) is 0 Å². The maximum Gasteiger partial charge on any atom is 0.339 e. The van der Waals surface area contributed by atoms with E-state index in [0.29, 0.717) is 11.5 Å². The Morgan fingerprint density at radius 3 is 2.47 bits per heavy atom. The van der Waals surface area contributed by atoms with Crippen LogP contribution < -0.4 is 14.8 Å². The fourth-order valence-electron chi connectivity index (χ4n) is 2.62. The number of carbonyl (C=O) groups is 1. The predicted molar refractivity (Wildman–Crippen MR) is 71.1 cm³/mol. The van der Waals surface area contributed by atoms with E-state index in [1.165, 1.54) is 7.11 Å². The lowest BCUT2D eigenvalue weighted by molar-refractivity contribution is 0.0693. The summed E-state index contributed by atoms with van der Waals surface area (Å²) < 4.78 is 10.5. The molecule has 0 aliphatic carbocycles. The molecule has 1 aromatic rings. The smallest absolute Gasteiger partial charge is 0.339 e. The maximum atomic E-state index is 11.3. The molecule has 1 atom stereocenters. The van der Waals surface area contributed by atoms with Gasteiger partial charge in [-0.2, -0.15) is 0 Å². The van der Waals surface area contributed by atoms with Crippen molar-refractivity contribution in [3.63, 3.8) is 0 Å². The Balaban J connectivity index is 2.58. The van der Waals surface area contributed by atoms with Crippen molar-refractivity contribution in [2.75, 3.05) is 20.8 Å². The summed E-state index contributed by atoms with van der Waals surface area (Å²) >= 11 is 0. The zero-order valence-corrected chi connectivity index (χ0v) is 11.4. The second-order valence-electron chi connectivity index (χ2n) is 4.92. The molecule has 5 nitrogen and oxygen atoms in total. The molecule has 1 unspecified atom stereocenters. The summed E-state index contributed by atoms with van der Waals surface area (Å²) in [5, 5.41) is 12.7. The molecule has 1 aromatic carbocycles. The molecule has 0 bridgehead atoms. The number of hydrogen-bond acceptors (Lipinski definition) is 4. The van der Waals surface area contributed by atoms with Gasteiger partial charge < -0.3 is 19.9 Å². The van der Waals surface area contributed by atoms with Crippen molar-refractivity contribution in [1.82, 2.24) is 5.32 Å². The van der Waals surface area contributed by atoms with Gasteiger partial charge in [-0.15, -0.1) is 0 Å². The standard InChI is InChI=1S/C14H19NO4/c1-14(5-4-6-15-14)10-7-9(13(16)17)11(18-2)8-12(10)19-3/h7-8,15H,4-6H2,1-3H3,(H,16,17). The Morgan fingerprint density at radius 2 is 2.00 bits per heavy atom. The van der Waals surface area contributed by atoms with Gasteiger partial charge in [0.05, 0.1) is 14.2 Å². The molecular formula is C14H19NO4. The number of hydrogen-bond donors (Lipinski definition) is 2. The molecule has 1 aliphatic heterocycles. The Hall–Kier alpha value is -1.75. The summed E-state index contributed by atoms with van der Waals surface area (Å²) in [7, 11) is 3.04. The van der Waals surface area contributed by atoms with Crippen LogP contribution in [0.3, 0.4) is 0 Å². The lowest BCUT2D eigenvalue weighted by Crippen LogP contribution is -2.33. The van der Waals surface area contributed by atoms with Crippen LogP contribution in [0.2, 0.25) is 0 Å². The summed E-state index contributed by atoms with van der Waals surface area (Å²) in [4.78, 5) is 11.3. The van der Waals surface area contributed by atoms with E-state index in [1.54, 1.807) is 19.2 Å².